The third-order valence-corrected chi connectivity index (χ3v) is 4.99. The van der Waals surface area contributed by atoms with Crippen LogP contribution in [0.3, 0.4) is 0 Å². The van der Waals surface area contributed by atoms with Crippen molar-refractivity contribution in [2.45, 2.75) is 39.8 Å². The fraction of sp³-hybridized carbons (Fsp3) is 0.360. The first kappa shape index (κ1) is 22.6. The molecule has 1 aliphatic rings. The van der Waals surface area contributed by atoms with Gasteiger partial charge in [0, 0.05) is 44.8 Å². The van der Waals surface area contributed by atoms with Gasteiger partial charge >= 0.3 is 0 Å². The van der Waals surface area contributed by atoms with Crippen LogP contribution in [0.25, 0.3) is 0 Å². The molecule has 1 atom stereocenters. The summed E-state index contributed by atoms with van der Waals surface area (Å²) >= 11 is 0. The van der Waals surface area contributed by atoms with Crippen LogP contribution in [0.5, 0.6) is 5.75 Å². The zero-order valence-electron chi connectivity index (χ0n) is 18.3. The average molecular weight is 392 g/mol. The van der Waals surface area contributed by atoms with Crippen LogP contribution >= 0.6 is 0 Å². The van der Waals surface area contributed by atoms with E-state index in [-0.39, 0.29) is 0 Å². The van der Waals surface area contributed by atoms with Gasteiger partial charge in [-0.2, -0.15) is 0 Å². The Morgan fingerprint density at radius 1 is 1.24 bits per heavy atom. The number of allylic oxidation sites excluding steroid dienone is 2. The molecule has 0 saturated carbocycles. The van der Waals surface area contributed by atoms with Crippen molar-refractivity contribution in [3.63, 3.8) is 0 Å². The molecule has 29 heavy (non-hydrogen) atoms. The predicted octanol–water partition coefficient (Wildman–Crippen LogP) is 5.64. The minimum absolute atomic E-state index is 0.293. The van der Waals surface area contributed by atoms with Crippen LogP contribution in [0.1, 0.15) is 44.4 Å². The van der Waals surface area contributed by atoms with E-state index in [9.17, 15) is 0 Å². The Morgan fingerprint density at radius 2 is 2.00 bits per heavy atom. The van der Waals surface area contributed by atoms with Crippen molar-refractivity contribution >= 4 is 6.21 Å². The number of ether oxygens (including phenoxy) is 1. The average Bonchev–Trinajstić information content (AvgIpc) is 2.80. The summed E-state index contributed by atoms with van der Waals surface area (Å²) in [6.45, 7) is 7.86. The summed E-state index contributed by atoms with van der Waals surface area (Å²) in [5.41, 5.74) is 5.09. The number of pyridine rings is 1. The second kappa shape index (κ2) is 12.0. The lowest BCUT2D eigenvalue weighted by Crippen LogP contribution is -2.32. The summed E-state index contributed by atoms with van der Waals surface area (Å²) in [4.78, 5) is 11.1. The maximum Gasteiger partial charge on any atom is 0.118 e. The van der Waals surface area contributed by atoms with Gasteiger partial charge in [0.2, 0.25) is 0 Å². The first-order valence-corrected chi connectivity index (χ1v) is 10.3. The van der Waals surface area contributed by atoms with Crippen LogP contribution in [0.4, 0.5) is 0 Å². The molecule has 3 rings (SSSR count). The highest BCUT2D eigenvalue weighted by Gasteiger charge is 2.26. The van der Waals surface area contributed by atoms with Crippen molar-refractivity contribution < 1.29 is 4.74 Å². The first-order valence-electron chi connectivity index (χ1n) is 10.3. The third kappa shape index (κ3) is 6.13. The predicted molar refractivity (Wildman–Crippen MR) is 123 cm³/mol. The summed E-state index contributed by atoms with van der Waals surface area (Å²) in [5.74, 6) is 0.889. The van der Waals surface area contributed by atoms with Gasteiger partial charge in [-0.15, -0.1) is 0 Å². The molecule has 0 radical (unpaired) electrons. The normalized spacial score (nSPS) is 17.5. The van der Waals surface area contributed by atoms with Crippen molar-refractivity contribution in [3.05, 3.63) is 83.2 Å². The van der Waals surface area contributed by atoms with E-state index >= 15 is 0 Å². The van der Waals surface area contributed by atoms with Crippen molar-refractivity contribution in [1.29, 1.82) is 0 Å². The van der Waals surface area contributed by atoms with Crippen molar-refractivity contribution in [1.82, 2.24) is 9.88 Å². The summed E-state index contributed by atoms with van der Waals surface area (Å²) in [6.07, 6.45) is 11.2. The molecule has 0 saturated heterocycles. The van der Waals surface area contributed by atoms with E-state index in [2.05, 4.69) is 52.2 Å². The van der Waals surface area contributed by atoms with Crippen molar-refractivity contribution in [2.24, 2.45) is 4.99 Å². The van der Waals surface area contributed by atoms with Crippen LogP contribution in [-0.4, -0.2) is 36.8 Å². The minimum atomic E-state index is 0.293. The van der Waals surface area contributed by atoms with Gasteiger partial charge in [-0.1, -0.05) is 44.2 Å². The molecular formula is C25H33N3O. The van der Waals surface area contributed by atoms with E-state index < -0.39 is 0 Å². The maximum absolute atomic E-state index is 5.28. The second-order valence-electron chi connectivity index (χ2n) is 6.64. The lowest BCUT2D eigenvalue weighted by atomic mass is 9.90. The van der Waals surface area contributed by atoms with Gasteiger partial charge in [0.15, 0.2) is 0 Å². The van der Waals surface area contributed by atoms with Gasteiger partial charge in [0.1, 0.15) is 5.75 Å². The zero-order chi connectivity index (χ0) is 21.1. The molecule has 0 amide bonds. The number of rotatable bonds is 6. The highest BCUT2D eigenvalue weighted by atomic mass is 16.5. The Balaban J connectivity index is 0.00000145. The highest BCUT2D eigenvalue weighted by Crippen LogP contribution is 2.34. The first-order chi connectivity index (χ1) is 14.2. The molecule has 0 bridgehead atoms. The monoisotopic (exact) mass is 391 g/mol. The Kier molecular flexibility index (Phi) is 9.32. The van der Waals surface area contributed by atoms with E-state index in [0.29, 0.717) is 6.04 Å². The molecule has 1 aliphatic heterocycles. The molecule has 4 heteroatoms. The van der Waals surface area contributed by atoms with Crippen LogP contribution < -0.4 is 4.74 Å². The largest absolute Gasteiger partial charge is 0.497 e. The van der Waals surface area contributed by atoms with Gasteiger partial charge < -0.3 is 4.74 Å². The second-order valence-corrected chi connectivity index (χ2v) is 6.64. The molecule has 0 N–H and O–H groups in total. The Hall–Kier alpha value is -2.72. The van der Waals surface area contributed by atoms with E-state index in [4.69, 9.17) is 4.74 Å². The number of hydrogen-bond acceptors (Lipinski definition) is 4. The van der Waals surface area contributed by atoms with Gasteiger partial charge in [0.25, 0.3) is 0 Å². The van der Waals surface area contributed by atoms with Gasteiger partial charge in [0.05, 0.1) is 7.11 Å². The minimum Gasteiger partial charge on any atom is -0.497 e. The lowest BCUT2D eigenvalue weighted by molar-refractivity contribution is 0.197. The van der Waals surface area contributed by atoms with E-state index in [1.807, 2.05) is 57.7 Å². The van der Waals surface area contributed by atoms with Crippen LogP contribution in [0, 0.1) is 0 Å². The SMILES string of the molecule is C/C=C(\C=NC)C1=CCN(Cc2ccc(OC)cc2)C(c2cccnc2)C1.CC. The molecule has 0 aliphatic carbocycles. The zero-order valence-corrected chi connectivity index (χ0v) is 18.3. The number of hydrogen-bond donors (Lipinski definition) is 0. The topological polar surface area (TPSA) is 37.7 Å². The number of aliphatic imine (C=N–C) groups is 1. The molecule has 2 aromatic rings. The molecule has 0 spiro atoms. The molecule has 1 aromatic carbocycles. The molecule has 1 unspecified atom stereocenters. The standard InChI is InChI=1S/C23H27N3O.C2H6/c1-4-19(15-24-2)20-11-13-26(17-18-7-9-22(27-3)10-8-18)23(14-20)21-6-5-12-25-16-21;1-2/h4-12,15-16,23H,13-14,17H2,1-3H3;1-2H3/b19-4+,24-15?;. The van der Waals surface area contributed by atoms with Crippen molar-refractivity contribution in [3.8, 4) is 5.75 Å². The summed E-state index contributed by atoms with van der Waals surface area (Å²) in [5, 5.41) is 0. The fourth-order valence-corrected chi connectivity index (χ4v) is 3.54. The molecule has 154 valence electrons. The Bertz CT molecular complexity index is 823. The number of methoxy groups -OCH3 is 1. The molecule has 0 fully saturated rings. The Labute approximate surface area is 175 Å². The summed E-state index contributed by atoms with van der Waals surface area (Å²) in [7, 11) is 3.52. The maximum atomic E-state index is 5.28. The highest BCUT2D eigenvalue weighted by molar-refractivity contribution is 5.84. The molecular weight excluding hydrogens is 358 g/mol. The fourth-order valence-electron chi connectivity index (χ4n) is 3.54. The van der Waals surface area contributed by atoms with Gasteiger partial charge in [-0.05, 0) is 53.8 Å². The number of aromatic nitrogens is 1. The summed E-state index contributed by atoms with van der Waals surface area (Å²) in [6, 6.07) is 12.8. The Morgan fingerprint density at radius 3 is 2.59 bits per heavy atom. The lowest BCUT2D eigenvalue weighted by Gasteiger charge is -2.36. The van der Waals surface area contributed by atoms with Crippen LogP contribution in [-0.2, 0) is 6.54 Å². The number of benzene rings is 1. The van der Waals surface area contributed by atoms with Crippen molar-refractivity contribution in [2.75, 3.05) is 20.7 Å². The van der Waals surface area contributed by atoms with Crippen LogP contribution in [0.2, 0.25) is 0 Å². The van der Waals surface area contributed by atoms with E-state index in [0.717, 1.165) is 25.3 Å². The smallest absolute Gasteiger partial charge is 0.118 e. The number of nitrogens with zero attached hydrogens (tertiary/aromatic N) is 3. The quantitative estimate of drug-likeness (QED) is 0.598. The third-order valence-electron chi connectivity index (χ3n) is 4.99. The molecule has 4 nitrogen and oxygen atoms in total. The van der Waals surface area contributed by atoms with Crippen LogP contribution in [0.15, 0.2) is 77.1 Å². The molecule has 1 aromatic heterocycles. The summed E-state index contributed by atoms with van der Waals surface area (Å²) < 4.78 is 5.28. The van der Waals surface area contributed by atoms with Gasteiger partial charge in [-0.25, -0.2) is 0 Å². The molecule has 2 heterocycles. The van der Waals surface area contributed by atoms with Gasteiger partial charge in [-0.3, -0.25) is 14.9 Å². The van der Waals surface area contributed by atoms with E-state index in [1.54, 1.807) is 7.11 Å². The van der Waals surface area contributed by atoms with E-state index in [1.165, 1.54) is 22.3 Å².